The van der Waals surface area contributed by atoms with Crippen molar-refractivity contribution in [3.63, 3.8) is 0 Å². The Balaban J connectivity index is 1.77. The second-order valence-corrected chi connectivity index (χ2v) is 7.52. The first-order chi connectivity index (χ1) is 11.3. The van der Waals surface area contributed by atoms with Crippen LogP contribution in [0.3, 0.4) is 0 Å². The van der Waals surface area contributed by atoms with Crippen LogP contribution in [0, 0.1) is 0 Å². The Kier molecular flexibility index (Phi) is 4.65. The Morgan fingerprint density at radius 2 is 1.58 bits per heavy atom. The Morgan fingerprint density at radius 3 is 2.21 bits per heavy atom. The lowest BCUT2D eigenvalue weighted by Gasteiger charge is -2.32. The largest absolute Gasteiger partial charge is 0.495 e. The van der Waals surface area contributed by atoms with Gasteiger partial charge in [0.15, 0.2) is 0 Å². The summed E-state index contributed by atoms with van der Waals surface area (Å²) in [6.07, 6.45) is 0. The third kappa shape index (κ3) is 3.61. The predicted octanol–water partition coefficient (Wildman–Crippen LogP) is 4.22. The van der Waals surface area contributed by atoms with E-state index in [-0.39, 0.29) is 11.2 Å². The fourth-order valence-electron chi connectivity index (χ4n) is 2.52. The zero-order valence-corrected chi connectivity index (χ0v) is 15.3. The highest BCUT2D eigenvalue weighted by Crippen LogP contribution is 2.36. The van der Waals surface area contributed by atoms with Crippen molar-refractivity contribution in [2.75, 3.05) is 0 Å². The van der Waals surface area contributed by atoms with E-state index in [4.69, 9.17) is 25.6 Å². The topological polar surface area (TPSA) is 27.7 Å². The van der Waals surface area contributed by atoms with Crippen LogP contribution in [-0.2, 0) is 15.9 Å². The van der Waals surface area contributed by atoms with Crippen molar-refractivity contribution in [1.82, 2.24) is 0 Å². The van der Waals surface area contributed by atoms with Gasteiger partial charge in [-0.1, -0.05) is 41.9 Å². The van der Waals surface area contributed by atoms with E-state index in [1.165, 1.54) is 0 Å². The molecule has 0 amide bonds. The van der Waals surface area contributed by atoms with E-state index in [9.17, 15) is 0 Å². The lowest BCUT2D eigenvalue weighted by molar-refractivity contribution is 0.00578. The van der Waals surface area contributed by atoms with Crippen LogP contribution in [-0.4, -0.2) is 18.3 Å². The number of benzene rings is 2. The van der Waals surface area contributed by atoms with Gasteiger partial charge in [-0.05, 0) is 56.9 Å². The molecule has 0 aromatic heterocycles. The molecule has 0 radical (unpaired) electrons. The average Bonchev–Trinajstić information content (AvgIpc) is 2.74. The molecule has 0 spiro atoms. The highest BCUT2D eigenvalue weighted by Gasteiger charge is 2.51. The van der Waals surface area contributed by atoms with Gasteiger partial charge in [-0.3, -0.25) is 0 Å². The molecule has 1 aliphatic rings. The summed E-state index contributed by atoms with van der Waals surface area (Å²) in [5.74, 6) is 0.705. The quantitative estimate of drug-likeness (QED) is 0.777. The van der Waals surface area contributed by atoms with Crippen molar-refractivity contribution in [2.24, 2.45) is 0 Å². The fraction of sp³-hybridized carbons (Fsp3) is 0.368. The first kappa shape index (κ1) is 17.3. The Hall–Kier alpha value is -1.49. The predicted molar refractivity (Wildman–Crippen MR) is 97.9 cm³/mol. The first-order valence-electron chi connectivity index (χ1n) is 8.10. The molecular weight excluding hydrogens is 322 g/mol. The summed E-state index contributed by atoms with van der Waals surface area (Å²) in [6.45, 7) is 8.62. The molecule has 0 N–H and O–H groups in total. The number of hydrogen-bond donors (Lipinski definition) is 0. The Bertz CT molecular complexity index is 700. The van der Waals surface area contributed by atoms with Gasteiger partial charge in [0.25, 0.3) is 0 Å². The van der Waals surface area contributed by atoms with Gasteiger partial charge < -0.3 is 14.0 Å². The molecule has 0 bridgehead atoms. The van der Waals surface area contributed by atoms with E-state index in [1.807, 2.05) is 70.2 Å². The summed E-state index contributed by atoms with van der Waals surface area (Å²) in [6, 6.07) is 15.6. The van der Waals surface area contributed by atoms with Crippen molar-refractivity contribution < 1.29 is 14.0 Å². The zero-order chi connectivity index (χ0) is 17.4. The molecular formula is C19H22BClO3. The number of rotatable bonds is 4. The first-order valence-corrected chi connectivity index (χ1v) is 8.47. The van der Waals surface area contributed by atoms with E-state index in [1.54, 1.807) is 6.07 Å². The third-order valence-corrected chi connectivity index (χ3v) is 4.89. The number of ether oxygens (including phenoxy) is 1. The van der Waals surface area contributed by atoms with Gasteiger partial charge in [0, 0.05) is 5.02 Å². The lowest BCUT2D eigenvalue weighted by Crippen LogP contribution is -2.41. The Labute approximate surface area is 149 Å². The van der Waals surface area contributed by atoms with Crippen molar-refractivity contribution in [2.45, 2.75) is 45.5 Å². The van der Waals surface area contributed by atoms with Crippen molar-refractivity contribution in [3.05, 3.63) is 59.1 Å². The van der Waals surface area contributed by atoms with Gasteiger partial charge in [-0.15, -0.1) is 0 Å². The van der Waals surface area contributed by atoms with Gasteiger partial charge >= 0.3 is 7.12 Å². The summed E-state index contributed by atoms with van der Waals surface area (Å²) in [5, 5.41) is 0.602. The molecule has 1 fully saturated rings. The minimum Gasteiger partial charge on any atom is -0.489 e. The molecule has 1 saturated heterocycles. The molecule has 3 nitrogen and oxygen atoms in total. The summed E-state index contributed by atoms with van der Waals surface area (Å²) in [5.41, 5.74) is 1.20. The van der Waals surface area contributed by atoms with Gasteiger partial charge in [-0.25, -0.2) is 0 Å². The molecule has 2 aromatic carbocycles. The smallest absolute Gasteiger partial charge is 0.489 e. The van der Waals surface area contributed by atoms with E-state index < -0.39 is 7.12 Å². The minimum atomic E-state index is -0.451. The van der Waals surface area contributed by atoms with Crippen LogP contribution in [0.1, 0.15) is 33.3 Å². The molecule has 1 aliphatic heterocycles. The monoisotopic (exact) mass is 344 g/mol. The molecule has 0 atom stereocenters. The maximum Gasteiger partial charge on any atom is 0.495 e. The van der Waals surface area contributed by atoms with Gasteiger partial charge in [-0.2, -0.15) is 0 Å². The minimum absolute atomic E-state index is 0.384. The molecule has 0 unspecified atom stereocenters. The summed E-state index contributed by atoms with van der Waals surface area (Å²) in [7, 11) is -0.451. The molecule has 0 saturated carbocycles. The normalized spacial score (nSPS) is 18.6. The maximum absolute atomic E-state index is 6.26. The highest BCUT2D eigenvalue weighted by molar-refractivity contribution is 6.62. The molecule has 1 heterocycles. The average molecular weight is 345 g/mol. The molecule has 5 heteroatoms. The van der Waals surface area contributed by atoms with Crippen LogP contribution in [0.4, 0.5) is 0 Å². The van der Waals surface area contributed by atoms with Crippen LogP contribution in [0.2, 0.25) is 5.02 Å². The highest BCUT2D eigenvalue weighted by atomic mass is 35.5. The van der Waals surface area contributed by atoms with Crippen LogP contribution in [0.25, 0.3) is 0 Å². The second kappa shape index (κ2) is 6.43. The maximum atomic E-state index is 6.26. The number of hydrogen-bond acceptors (Lipinski definition) is 3. The van der Waals surface area contributed by atoms with Crippen LogP contribution < -0.4 is 10.2 Å². The van der Waals surface area contributed by atoms with E-state index in [0.717, 1.165) is 11.0 Å². The van der Waals surface area contributed by atoms with Crippen molar-refractivity contribution >= 4 is 24.2 Å². The van der Waals surface area contributed by atoms with Gasteiger partial charge in [0.2, 0.25) is 0 Å². The van der Waals surface area contributed by atoms with Crippen molar-refractivity contribution in [3.8, 4) is 5.75 Å². The lowest BCUT2D eigenvalue weighted by atomic mass is 9.79. The molecule has 3 rings (SSSR count). The van der Waals surface area contributed by atoms with Gasteiger partial charge in [0.1, 0.15) is 12.4 Å². The fourth-order valence-corrected chi connectivity index (χ4v) is 2.76. The third-order valence-electron chi connectivity index (χ3n) is 4.67. The van der Waals surface area contributed by atoms with Crippen LogP contribution in [0.15, 0.2) is 48.5 Å². The SMILES string of the molecule is CC1(C)OB(c2cc(Cl)cc(OCc3ccccc3)c2)OC1(C)C. The summed E-state index contributed by atoms with van der Waals surface area (Å²) >= 11 is 6.26. The molecule has 2 aromatic rings. The number of halogens is 1. The molecule has 126 valence electrons. The van der Waals surface area contributed by atoms with E-state index >= 15 is 0 Å². The summed E-state index contributed by atoms with van der Waals surface area (Å²) < 4.78 is 18.1. The standard InChI is InChI=1S/C19H22BClO3/c1-18(2)19(3,4)24-20(23-18)15-10-16(21)12-17(11-15)22-13-14-8-6-5-7-9-14/h5-12H,13H2,1-4H3. The van der Waals surface area contributed by atoms with Crippen molar-refractivity contribution in [1.29, 1.82) is 0 Å². The van der Waals surface area contributed by atoms with E-state index in [2.05, 4.69) is 0 Å². The molecule has 0 aliphatic carbocycles. The zero-order valence-electron chi connectivity index (χ0n) is 14.5. The van der Waals surface area contributed by atoms with Gasteiger partial charge in [0.05, 0.1) is 11.2 Å². The second-order valence-electron chi connectivity index (χ2n) is 7.08. The molecule has 24 heavy (non-hydrogen) atoms. The van der Waals surface area contributed by atoms with E-state index in [0.29, 0.717) is 17.4 Å². The summed E-state index contributed by atoms with van der Waals surface area (Å²) in [4.78, 5) is 0. The van der Waals surface area contributed by atoms with Crippen LogP contribution >= 0.6 is 11.6 Å². The Morgan fingerprint density at radius 1 is 0.958 bits per heavy atom. The van der Waals surface area contributed by atoms with Crippen LogP contribution in [0.5, 0.6) is 5.75 Å².